The molecule has 14 heteroatoms. The van der Waals surface area contributed by atoms with Crippen molar-refractivity contribution in [3.63, 3.8) is 0 Å². The van der Waals surface area contributed by atoms with Gasteiger partial charge in [0.2, 0.25) is 17.7 Å². The van der Waals surface area contributed by atoms with E-state index >= 15 is 4.39 Å². The maximum Gasteiger partial charge on any atom is 0.408 e. The lowest BCUT2D eigenvalue weighted by molar-refractivity contribution is -0.148. The predicted molar refractivity (Wildman–Crippen MR) is 155 cm³/mol. The SMILES string of the molecule is CC(C)(C)C(NC(=O)OC(CF)CF)C(=O)N1CC2C3CC(F)C(C3)C2C1C(=O)N1CC2(CC1C#N)C(=O)Nc1c(F)cccc12. The first-order valence-corrected chi connectivity index (χ1v) is 15.6. The lowest BCUT2D eigenvalue weighted by Crippen LogP contribution is -2.60. The van der Waals surface area contributed by atoms with Crippen LogP contribution in [-0.4, -0.2) is 90.5 Å². The monoisotopic (exact) mass is 647 g/mol. The van der Waals surface area contributed by atoms with Crippen molar-refractivity contribution in [3.05, 3.63) is 29.6 Å². The lowest BCUT2D eigenvalue weighted by Gasteiger charge is -2.38. The molecule has 46 heavy (non-hydrogen) atoms. The molecule has 3 aliphatic heterocycles. The van der Waals surface area contributed by atoms with Crippen molar-refractivity contribution in [3.8, 4) is 6.07 Å². The van der Waals surface area contributed by atoms with Crippen LogP contribution in [0.1, 0.15) is 45.6 Å². The van der Waals surface area contributed by atoms with Crippen molar-refractivity contribution in [1.29, 1.82) is 5.26 Å². The second-order valence-corrected chi connectivity index (χ2v) is 14.4. The van der Waals surface area contributed by atoms with Crippen molar-refractivity contribution >= 4 is 29.5 Å². The molecule has 5 aliphatic rings. The molecule has 9 unspecified atom stereocenters. The number of para-hydroxylation sites is 1. The highest BCUT2D eigenvalue weighted by molar-refractivity contribution is 6.07. The summed E-state index contributed by atoms with van der Waals surface area (Å²) >= 11 is 0. The van der Waals surface area contributed by atoms with Crippen LogP contribution in [0.3, 0.4) is 0 Å². The number of benzene rings is 1. The molecular formula is C32H37F4N5O5. The zero-order valence-corrected chi connectivity index (χ0v) is 25.8. The normalized spacial score (nSPS) is 33.2. The summed E-state index contributed by atoms with van der Waals surface area (Å²) in [4.78, 5) is 57.6. The Bertz CT molecular complexity index is 1490. The molecule has 1 spiro atoms. The Labute approximate surface area is 263 Å². The van der Waals surface area contributed by atoms with E-state index in [-0.39, 0.29) is 37.0 Å². The summed E-state index contributed by atoms with van der Waals surface area (Å²) in [5.41, 5.74) is -2.00. The number of likely N-dealkylation sites (tertiary alicyclic amines) is 2. The number of nitrogens with one attached hydrogen (secondary N) is 2. The number of alkyl carbamates (subject to hydrolysis) is 1. The molecule has 2 N–H and O–H groups in total. The Morgan fingerprint density at radius 1 is 1.17 bits per heavy atom. The number of nitrogens with zero attached hydrogens (tertiary/aromatic N) is 3. The molecule has 2 saturated heterocycles. The number of rotatable bonds is 6. The Morgan fingerprint density at radius 2 is 1.89 bits per heavy atom. The quantitative estimate of drug-likeness (QED) is 0.455. The van der Waals surface area contributed by atoms with Crippen molar-refractivity contribution in [1.82, 2.24) is 15.1 Å². The fourth-order valence-electron chi connectivity index (χ4n) is 8.66. The number of fused-ring (bicyclic) bond motifs is 7. The number of amides is 4. The van der Waals surface area contributed by atoms with E-state index in [1.54, 1.807) is 26.8 Å². The van der Waals surface area contributed by atoms with Crippen LogP contribution in [0.2, 0.25) is 0 Å². The van der Waals surface area contributed by atoms with Gasteiger partial charge in [0.1, 0.15) is 43.5 Å². The van der Waals surface area contributed by atoms with Crippen LogP contribution in [0.25, 0.3) is 0 Å². The molecule has 9 atom stereocenters. The molecule has 6 rings (SSSR count). The van der Waals surface area contributed by atoms with Gasteiger partial charge in [-0.25, -0.2) is 22.4 Å². The van der Waals surface area contributed by atoms with Gasteiger partial charge in [-0.15, -0.1) is 0 Å². The third-order valence-corrected chi connectivity index (χ3v) is 10.8. The molecule has 0 radical (unpaired) electrons. The molecule has 2 bridgehead atoms. The molecule has 248 valence electrons. The number of ether oxygens (including phenoxy) is 1. The van der Waals surface area contributed by atoms with E-state index in [9.17, 15) is 37.6 Å². The summed E-state index contributed by atoms with van der Waals surface area (Å²) in [6.45, 7) is 2.34. The van der Waals surface area contributed by atoms with Gasteiger partial charge in [0.15, 0.2) is 6.10 Å². The first-order valence-electron chi connectivity index (χ1n) is 15.6. The first kappa shape index (κ1) is 32.1. The van der Waals surface area contributed by atoms with Gasteiger partial charge in [-0.2, -0.15) is 5.26 Å². The minimum atomic E-state index is -1.65. The van der Waals surface area contributed by atoms with Crippen LogP contribution in [0.4, 0.5) is 28.0 Å². The lowest BCUT2D eigenvalue weighted by atomic mass is 9.77. The number of carbonyl (C=O) groups excluding carboxylic acids is 4. The van der Waals surface area contributed by atoms with Crippen LogP contribution in [-0.2, 0) is 24.5 Å². The van der Waals surface area contributed by atoms with Crippen LogP contribution in [0.15, 0.2) is 18.2 Å². The summed E-state index contributed by atoms with van der Waals surface area (Å²) in [5.74, 6) is -3.78. The summed E-state index contributed by atoms with van der Waals surface area (Å²) in [6, 6.07) is 2.76. The molecule has 2 aliphatic carbocycles. The first-order chi connectivity index (χ1) is 21.7. The summed E-state index contributed by atoms with van der Waals surface area (Å²) < 4.78 is 60.8. The Hall–Kier alpha value is -3.89. The van der Waals surface area contributed by atoms with E-state index in [0.717, 1.165) is 0 Å². The van der Waals surface area contributed by atoms with E-state index in [0.29, 0.717) is 18.4 Å². The van der Waals surface area contributed by atoms with Crippen molar-refractivity contribution in [2.24, 2.45) is 29.1 Å². The van der Waals surface area contributed by atoms with Gasteiger partial charge in [0.05, 0.1) is 17.2 Å². The maximum absolute atomic E-state index is 15.2. The average Bonchev–Trinajstić information content (AvgIpc) is 3.81. The molecule has 2 saturated carbocycles. The zero-order valence-electron chi connectivity index (χ0n) is 25.8. The van der Waals surface area contributed by atoms with Gasteiger partial charge >= 0.3 is 6.09 Å². The highest BCUT2D eigenvalue weighted by Crippen LogP contribution is 2.59. The maximum atomic E-state index is 15.2. The third kappa shape index (κ3) is 4.88. The molecule has 4 amide bonds. The molecule has 1 aromatic rings. The largest absolute Gasteiger partial charge is 0.441 e. The van der Waals surface area contributed by atoms with Gasteiger partial charge in [-0.1, -0.05) is 32.9 Å². The summed E-state index contributed by atoms with van der Waals surface area (Å²) in [7, 11) is 0. The van der Waals surface area contributed by atoms with E-state index < -0.39 is 96.0 Å². The predicted octanol–water partition coefficient (Wildman–Crippen LogP) is 3.41. The number of anilines is 1. The average molecular weight is 648 g/mol. The topological polar surface area (TPSA) is 132 Å². The van der Waals surface area contributed by atoms with E-state index in [1.807, 2.05) is 0 Å². The number of alkyl halides is 3. The second-order valence-electron chi connectivity index (χ2n) is 14.4. The van der Waals surface area contributed by atoms with Crippen LogP contribution >= 0.6 is 0 Å². The molecule has 3 heterocycles. The van der Waals surface area contributed by atoms with Gasteiger partial charge in [0, 0.05) is 19.5 Å². The highest BCUT2D eigenvalue weighted by Gasteiger charge is 2.65. The highest BCUT2D eigenvalue weighted by atomic mass is 19.1. The number of carbonyl (C=O) groups is 4. The molecule has 1 aromatic carbocycles. The standard InChI is InChI=1S/C32H37F4N5O5/c1-31(2,3)26(39-30(45)46-17(10-33)11-34)28(43)40-13-19-15-7-18(22(36)8-15)23(19)25(40)27(42)41-14-32(9-16(41)12-37)20-5-4-6-21(35)24(20)38-29(32)44/h4-6,15-19,22-23,25-26H,7-11,13-14H2,1-3H3,(H,38,44)(H,39,45). The Morgan fingerprint density at radius 3 is 2.54 bits per heavy atom. The molecular weight excluding hydrogens is 610 g/mol. The smallest absolute Gasteiger partial charge is 0.408 e. The number of hydrogen-bond donors (Lipinski definition) is 2. The fourth-order valence-corrected chi connectivity index (χ4v) is 8.66. The number of halogens is 4. The zero-order chi connectivity index (χ0) is 33.3. The van der Waals surface area contributed by atoms with Gasteiger partial charge in [0.25, 0.3) is 0 Å². The third-order valence-electron chi connectivity index (χ3n) is 10.8. The second kappa shape index (κ2) is 11.4. The Kier molecular flexibility index (Phi) is 7.96. The number of hydrogen-bond acceptors (Lipinski definition) is 6. The van der Waals surface area contributed by atoms with Crippen LogP contribution < -0.4 is 10.6 Å². The van der Waals surface area contributed by atoms with E-state index in [4.69, 9.17) is 4.74 Å². The van der Waals surface area contributed by atoms with E-state index in [1.165, 1.54) is 21.9 Å². The van der Waals surface area contributed by atoms with Crippen molar-refractivity contribution in [2.75, 3.05) is 31.8 Å². The fraction of sp³-hybridized carbons (Fsp3) is 0.656. The number of nitriles is 1. The molecule has 4 fully saturated rings. The Balaban J connectivity index is 1.34. The van der Waals surface area contributed by atoms with Crippen LogP contribution in [0, 0.1) is 46.2 Å². The molecule has 10 nitrogen and oxygen atoms in total. The summed E-state index contributed by atoms with van der Waals surface area (Å²) in [6.07, 6.45) is -3.25. The van der Waals surface area contributed by atoms with Gasteiger partial charge in [-0.3, -0.25) is 14.4 Å². The minimum Gasteiger partial charge on any atom is -0.441 e. The summed E-state index contributed by atoms with van der Waals surface area (Å²) in [5, 5.41) is 15.2. The van der Waals surface area contributed by atoms with Gasteiger partial charge < -0.3 is 25.2 Å². The van der Waals surface area contributed by atoms with Crippen LogP contribution in [0.5, 0.6) is 0 Å². The van der Waals surface area contributed by atoms with Crippen molar-refractivity contribution < 1.29 is 41.5 Å². The minimum absolute atomic E-state index is 0.00154. The van der Waals surface area contributed by atoms with E-state index in [2.05, 4.69) is 16.7 Å². The molecule has 0 aromatic heterocycles. The van der Waals surface area contributed by atoms with Gasteiger partial charge in [-0.05, 0) is 53.6 Å². The van der Waals surface area contributed by atoms with Crippen molar-refractivity contribution in [2.45, 2.75) is 75.8 Å².